The van der Waals surface area contributed by atoms with Crippen molar-refractivity contribution in [3.05, 3.63) is 0 Å². The predicted molar refractivity (Wildman–Crippen MR) is 34.8 cm³/mol. The highest BCUT2D eigenvalue weighted by Crippen LogP contribution is 1.93. The molecule has 1 N–H and O–H groups in total. The predicted octanol–water partition coefficient (Wildman–Crippen LogP) is 0.350. The molecule has 1 atom stereocenters. The summed E-state index contributed by atoms with van der Waals surface area (Å²) in [6, 6.07) is 0. The van der Waals surface area contributed by atoms with Gasteiger partial charge >= 0.3 is 0 Å². The van der Waals surface area contributed by atoms with Gasteiger partial charge in [0.05, 0.1) is 0 Å². The van der Waals surface area contributed by atoms with Crippen LogP contribution in [-0.4, -0.2) is 17.0 Å². The smallest absolute Gasteiger partial charge is 0.161 e. The highest BCUT2D eigenvalue weighted by Gasteiger charge is 2.05. The first kappa shape index (κ1) is 8.19. The molecule has 0 aliphatic carbocycles. The van der Waals surface area contributed by atoms with Gasteiger partial charge in [-0.25, -0.2) is 0 Å². The van der Waals surface area contributed by atoms with Crippen LogP contribution in [0.2, 0.25) is 0 Å². The van der Waals surface area contributed by atoms with Crippen LogP contribution in [0, 0.1) is 12.3 Å². The number of carbonyl (C=O) groups excluding carboxylic acids is 1. The molecular formula is C7H10O2. The van der Waals surface area contributed by atoms with Gasteiger partial charge in [0.15, 0.2) is 5.78 Å². The van der Waals surface area contributed by atoms with Crippen molar-refractivity contribution in [2.75, 3.05) is 0 Å². The zero-order chi connectivity index (χ0) is 7.28. The van der Waals surface area contributed by atoms with Gasteiger partial charge in [-0.05, 0) is 6.92 Å². The maximum atomic E-state index is 10.6. The molecule has 0 saturated heterocycles. The van der Waals surface area contributed by atoms with Crippen molar-refractivity contribution >= 4 is 5.78 Å². The summed E-state index contributed by atoms with van der Waals surface area (Å²) in [5.41, 5.74) is 0. The highest BCUT2D eigenvalue weighted by atomic mass is 16.3. The molecule has 0 spiro atoms. The Morgan fingerprint density at radius 2 is 2.44 bits per heavy atom. The molecule has 0 heterocycles. The number of hydrogen-bond acceptors (Lipinski definition) is 2. The Labute approximate surface area is 54.9 Å². The zero-order valence-electron chi connectivity index (χ0n) is 5.42. The largest absolute Gasteiger partial charge is 0.386 e. The summed E-state index contributed by atoms with van der Waals surface area (Å²) in [7, 11) is 0. The number of rotatable bonds is 3. The van der Waals surface area contributed by atoms with Crippen LogP contribution in [0.4, 0.5) is 0 Å². The van der Waals surface area contributed by atoms with Gasteiger partial charge in [0.2, 0.25) is 0 Å². The minimum Gasteiger partial charge on any atom is -0.386 e. The monoisotopic (exact) mass is 126 g/mol. The molecule has 0 amide bonds. The normalized spacial score (nSPS) is 12.1. The molecular weight excluding hydrogens is 116 g/mol. The second-order valence-corrected chi connectivity index (χ2v) is 1.85. The van der Waals surface area contributed by atoms with Crippen molar-refractivity contribution in [3.8, 4) is 12.3 Å². The fourth-order valence-electron chi connectivity index (χ4n) is 0.404. The minimum atomic E-state index is -0.863. The van der Waals surface area contributed by atoms with E-state index in [9.17, 15) is 4.79 Å². The Bertz CT molecular complexity index is 130. The SMILES string of the molecule is C#CCCC(=O)C(C)O. The Balaban J connectivity index is 3.42. The van der Waals surface area contributed by atoms with E-state index in [1.54, 1.807) is 0 Å². The third-order valence-electron chi connectivity index (χ3n) is 0.982. The van der Waals surface area contributed by atoms with Gasteiger partial charge in [0.25, 0.3) is 0 Å². The molecule has 0 aliphatic rings. The quantitative estimate of drug-likeness (QED) is 0.554. The summed E-state index contributed by atoms with van der Waals surface area (Å²) in [5.74, 6) is 2.13. The van der Waals surface area contributed by atoms with Gasteiger partial charge in [-0.1, -0.05) is 0 Å². The Morgan fingerprint density at radius 3 is 2.78 bits per heavy atom. The third kappa shape index (κ3) is 3.75. The number of Topliss-reactive ketones (excluding diaryl/α,β-unsaturated/α-hetero) is 1. The molecule has 2 heteroatoms. The van der Waals surface area contributed by atoms with E-state index in [2.05, 4.69) is 5.92 Å². The molecule has 0 rings (SSSR count). The lowest BCUT2D eigenvalue weighted by Gasteiger charge is -1.98. The van der Waals surface area contributed by atoms with E-state index in [0.29, 0.717) is 6.42 Å². The molecule has 2 nitrogen and oxygen atoms in total. The zero-order valence-corrected chi connectivity index (χ0v) is 5.42. The Morgan fingerprint density at radius 1 is 1.89 bits per heavy atom. The number of aliphatic hydroxyl groups excluding tert-OH is 1. The van der Waals surface area contributed by atoms with E-state index in [-0.39, 0.29) is 12.2 Å². The topological polar surface area (TPSA) is 37.3 Å². The molecule has 0 radical (unpaired) electrons. The summed E-state index contributed by atoms with van der Waals surface area (Å²) in [5, 5.41) is 8.63. The van der Waals surface area contributed by atoms with Crippen LogP contribution in [0.25, 0.3) is 0 Å². The van der Waals surface area contributed by atoms with Gasteiger partial charge in [0.1, 0.15) is 6.10 Å². The maximum absolute atomic E-state index is 10.6. The summed E-state index contributed by atoms with van der Waals surface area (Å²) >= 11 is 0. The van der Waals surface area contributed by atoms with Crippen molar-refractivity contribution in [1.82, 2.24) is 0 Å². The number of aliphatic hydroxyl groups is 1. The molecule has 0 saturated carbocycles. The van der Waals surface area contributed by atoms with E-state index in [0.717, 1.165) is 0 Å². The van der Waals surface area contributed by atoms with E-state index in [4.69, 9.17) is 11.5 Å². The molecule has 50 valence electrons. The average molecular weight is 126 g/mol. The first-order valence-corrected chi connectivity index (χ1v) is 2.82. The molecule has 1 unspecified atom stereocenters. The number of terminal acetylenes is 1. The third-order valence-corrected chi connectivity index (χ3v) is 0.982. The van der Waals surface area contributed by atoms with Crippen LogP contribution in [0.1, 0.15) is 19.8 Å². The summed E-state index contributed by atoms with van der Waals surface area (Å²) < 4.78 is 0. The van der Waals surface area contributed by atoms with Crippen LogP contribution in [-0.2, 0) is 4.79 Å². The van der Waals surface area contributed by atoms with Crippen LogP contribution >= 0.6 is 0 Å². The lowest BCUT2D eigenvalue weighted by molar-refractivity contribution is -0.126. The van der Waals surface area contributed by atoms with E-state index in [1.807, 2.05) is 0 Å². The minimum absolute atomic E-state index is 0.187. The molecule has 0 aromatic heterocycles. The molecule has 9 heavy (non-hydrogen) atoms. The van der Waals surface area contributed by atoms with Crippen LogP contribution in [0.3, 0.4) is 0 Å². The van der Waals surface area contributed by atoms with Gasteiger partial charge in [-0.2, -0.15) is 0 Å². The number of carbonyl (C=O) groups is 1. The summed E-state index contributed by atoms with van der Waals surface area (Å²) in [4.78, 5) is 10.6. The number of hydrogen-bond donors (Lipinski definition) is 1. The maximum Gasteiger partial charge on any atom is 0.161 e. The van der Waals surface area contributed by atoms with Crippen molar-refractivity contribution in [3.63, 3.8) is 0 Å². The second kappa shape index (κ2) is 4.11. The van der Waals surface area contributed by atoms with E-state index >= 15 is 0 Å². The standard InChI is InChI=1S/C7H10O2/c1-3-4-5-7(9)6(2)8/h1,6,8H,4-5H2,2H3. The fourth-order valence-corrected chi connectivity index (χ4v) is 0.404. The average Bonchev–Trinajstić information content (AvgIpc) is 1.82. The molecule has 0 bridgehead atoms. The van der Waals surface area contributed by atoms with Gasteiger partial charge in [-0.3, -0.25) is 4.79 Å². The molecule has 0 aromatic carbocycles. The Hall–Kier alpha value is -0.810. The second-order valence-electron chi connectivity index (χ2n) is 1.85. The molecule has 0 aliphatic heterocycles. The summed E-state index contributed by atoms with van der Waals surface area (Å²) in [6.07, 6.45) is 4.74. The Kier molecular flexibility index (Phi) is 3.74. The highest BCUT2D eigenvalue weighted by molar-refractivity contribution is 5.82. The van der Waals surface area contributed by atoms with Gasteiger partial charge in [-0.15, -0.1) is 12.3 Å². The van der Waals surface area contributed by atoms with Crippen LogP contribution in [0.15, 0.2) is 0 Å². The van der Waals surface area contributed by atoms with Crippen LogP contribution in [0.5, 0.6) is 0 Å². The van der Waals surface area contributed by atoms with Gasteiger partial charge < -0.3 is 5.11 Å². The van der Waals surface area contributed by atoms with E-state index in [1.165, 1.54) is 6.92 Å². The van der Waals surface area contributed by atoms with Gasteiger partial charge in [0, 0.05) is 12.8 Å². The lowest BCUT2D eigenvalue weighted by atomic mass is 10.1. The first-order valence-electron chi connectivity index (χ1n) is 2.82. The molecule has 0 aromatic rings. The first-order chi connectivity index (χ1) is 4.18. The van der Waals surface area contributed by atoms with Crippen molar-refractivity contribution < 1.29 is 9.90 Å². The number of ketones is 1. The molecule has 0 fully saturated rings. The fraction of sp³-hybridized carbons (Fsp3) is 0.571. The summed E-state index contributed by atoms with van der Waals surface area (Å²) in [6.45, 7) is 1.44. The van der Waals surface area contributed by atoms with Crippen molar-refractivity contribution in [2.45, 2.75) is 25.9 Å². The van der Waals surface area contributed by atoms with Crippen molar-refractivity contribution in [2.24, 2.45) is 0 Å². The van der Waals surface area contributed by atoms with Crippen LogP contribution < -0.4 is 0 Å². The van der Waals surface area contributed by atoms with Crippen molar-refractivity contribution in [1.29, 1.82) is 0 Å². The lowest BCUT2D eigenvalue weighted by Crippen LogP contribution is -2.14. The van der Waals surface area contributed by atoms with E-state index < -0.39 is 6.10 Å².